The van der Waals surface area contributed by atoms with Crippen molar-refractivity contribution in [2.75, 3.05) is 4.72 Å². The average Bonchev–Trinajstić information content (AvgIpc) is 2.79. The number of nitrogens with two attached hydrogens (primary N) is 1. The highest BCUT2D eigenvalue weighted by molar-refractivity contribution is 7.92. The molecule has 2 rings (SSSR count). The predicted molar refractivity (Wildman–Crippen MR) is 68.3 cm³/mol. The van der Waals surface area contributed by atoms with Crippen LogP contribution in [0.5, 0.6) is 0 Å². The Kier molecular flexibility index (Phi) is 3.54. The van der Waals surface area contributed by atoms with E-state index in [1.165, 1.54) is 36.1 Å². The fourth-order valence-electron chi connectivity index (χ4n) is 1.59. The van der Waals surface area contributed by atoms with Crippen LogP contribution in [0.1, 0.15) is 5.56 Å². The minimum absolute atomic E-state index is 0.0465. The van der Waals surface area contributed by atoms with Crippen LogP contribution in [0.2, 0.25) is 0 Å². The summed E-state index contributed by atoms with van der Waals surface area (Å²) in [4.78, 5) is 0. The second-order valence-corrected chi connectivity index (χ2v) is 5.55. The van der Waals surface area contributed by atoms with E-state index >= 15 is 0 Å². The third-order valence-corrected chi connectivity index (χ3v) is 4.00. The molecule has 0 radical (unpaired) electrons. The van der Waals surface area contributed by atoms with Gasteiger partial charge in [0.05, 0.1) is 11.9 Å². The number of aryl methyl sites for hydroxylation is 1. The number of aromatic nitrogens is 2. The van der Waals surface area contributed by atoms with E-state index in [1.807, 2.05) is 0 Å². The van der Waals surface area contributed by atoms with Gasteiger partial charge in [0, 0.05) is 13.6 Å². The van der Waals surface area contributed by atoms with Gasteiger partial charge in [0.2, 0.25) is 0 Å². The Balaban J connectivity index is 2.34. The third kappa shape index (κ3) is 2.74. The zero-order valence-corrected chi connectivity index (χ0v) is 11.0. The second kappa shape index (κ2) is 4.98. The van der Waals surface area contributed by atoms with Gasteiger partial charge in [-0.3, -0.25) is 9.40 Å². The van der Waals surface area contributed by atoms with E-state index in [-0.39, 0.29) is 17.3 Å². The Morgan fingerprint density at radius 1 is 1.42 bits per heavy atom. The highest BCUT2D eigenvalue weighted by atomic mass is 32.2. The van der Waals surface area contributed by atoms with Crippen molar-refractivity contribution in [2.45, 2.75) is 11.6 Å². The molecule has 0 amide bonds. The maximum absolute atomic E-state index is 13.7. The number of hydrogen-bond acceptors (Lipinski definition) is 4. The zero-order chi connectivity index (χ0) is 14.0. The van der Waals surface area contributed by atoms with Crippen molar-refractivity contribution >= 4 is 15.7 Å². The van der Waals surface area contributed by atoms with Crippen LogP contribution >= 0.6 is 0 Å². The molecule has 0 aliphatic heterocycles. The van der Waals surface area contributed by atoms with Crippen molar-refractivity contribution in [3.8, 4) is 0 Å². The first-order valence-electron chi connectivity index (χ1n) is 5.43. The summed E-state index contributed by atoms with van der Waals surface area (Å²) in [6.07, 6.45) is 1.35. The lowest BCUT2D eigenvalue weighted by molar-refractivity contribution is 0.580. The minimum atomic E-state index is -3.86. The number of benzene rings is 1. The Bertz CT molecular complexity index is 696. The molecule has 0 bridgehead atoms. The Morgan fingerprint density at radius 3 is 2.68 bits per heavy atom. The molecule has 19 heavy (non-hydrogen) atoms. The largest absolute Gasteiger partial charge is 0.326 e. The lowest BCUT2D eigenvalue weighted by Gasteiger charge is -2.09. The molecule has 6 nitrogen and oxygen atoms in total. The first-order chi connectivity index (χ1) is 8.94. The summed E-state index contributed by atoms with van der Waals surface area (Å²) in [5.41, 5.74) is 5.83. The number of anilines is 1. The molecule has 0 spiro atoms. The van der Waals surface area contributed by atoms with Crippen molar-refractivity contribution < 1.29 is 12.8 Å². The van der Waals surface area contributed by atoms with Gasteiger partial charge in [0.1, 0.15) is 5.82 Å². The second-order valence-electron chi connectivity index (χ2n) is 3.92. The normalized spacial score (nSPS) is 11.5. The van der Waals surface area contributed by atoms with Crippen LogP contribution in [0.15, 0.2) is 35.5 Å². The molecule has 0 aliphatic rings. The fraction of sp³-hybridized carbons (Fsp3) is 0.182. The topological polar surface area (TPSA) is 90.0 Å². The number of halogens is 1. The molecule has 0 aliphatic carbocycles. The lowest BCUT2D eigenvalue weighted by Crippen LogP contribution is -2.17. The number of nitrogens with one attached hydrogen (secondary N) is 1. The van der Waals surface area contributed by atoms with Gasteiger partial charge in [-0.25, -0.2) is 4.39 Å². The zero-order valence-electron chi connectivity index (χ0n) is 10.2. The monoisotopic (exact) mass is 284 g/mol. The van der Waals surface area contributed by atoms with Gasteiger partial charge in [-0.05, 0) is 23.8 Å². The molecule has 0 fully saturated rings. The maximum Gasteiger partial charge on any atom is 0.279 e. The first kappa shape index (κ1) is 13.5. The number of nitrogens with zero attached hydrogens (tertiary/aromatic N) is 2. The molecule has 0 saturated heterocycles. The van der Waals surface area contributed by atoms with Crippen molar-refractivity contribution in [1.82, 2.24) is 9.78 Å². The van der Waals surface area contributed by atoms with Crippen LogP contribution in [0.3, 0.4) is 0 Å². The van der Waals surface area contributed by atoms with Gasteiger partial charge in [0.15, 0.2) is 5.03 Å². The number of hydrogen-bond donors (Lipinski definition) is 2. The molecular weight excluding hydrogens is 271 g/mol. The summed E-state index contributed by atoms with van der Waals surface area (Å²) in [7, 11) is -2.37. The molecule has 1 aromatic heterocycles. The van der Waals surface area contributed by atoms with Gasteiger partial charge in [-0.1, -0.05) is 6.07 Å². The number of sulfonamides is 1. The third-order valence-electron chi connectivity index (χ3n) is 2.56. The quantitative estimate of drug-likeness (QED) is 0.869. The smallest absolute Gasteiger partial charge is 0.279 e. The Labute approximate surface area is 110 Å². The first-order valence-corrected chi connectivity index (χ1v) is 6.91. The summed E-state index contributed by atoms with van der Waals surface area (Å²) in [6, 6.07) is 5.42. The van der Waals surface area contributed by atoms with Gasteiger partial charge in [-0.15, -0.1) is 0 Å². The van der Waals surface area contributed by atoms with E-state index in [0.717, 1.165) is 0 Å². The van der Waals surface area contributed by atoms with Gasteiger partial charge in [0.25, 0.3) is 10.0 Å². The molecule has 3 N–H and O–H groups in total. The van der Waals surface area contributed by atoms with Crippen LogP contribution in [-0.2, 0) is 23.6 Å². The fourth-order valence-corrected chi connectivity index (χ4v) is 2.79. The van der Waals surface area contributed by atoms with Crippen LogP contribution in [0, 0.1) is 5.82 Å². The lowest BCUT2D eigenvalue weighted by atomic mass is 10.2. The van der Waals surface area contributed by atoms with Gasteiger partial charge >= 0.3 is 0 Å². The minimum Gasteiger partial charge on any atom is -0.326 e. The highest BCUT2D eigenvalue weighted by Gasteiger charge is 2.19. The number of rotatable bonds is 4. The Hall–Kier alpha value is -1.93. The van der Waals surface area contributed by atoms with E-state index in [2.05, 4.69) is 9.82 Å². The molecule has 2 aromatic rings. The SMILES string of the molecule is Cn1nccc1S(=O)(=O)Nc1ccc(CN)cc1F. The molecule has 1 heterocycles. The molecule has 8 heteroatoms. The molecule has 0 atom stereocenters. The van der Waals surface area contributed by atoms with Crippen LogP contribution in [-0.4, -0.2) is 18.2 Å². The molecule has 0 saturated carbocycles. The summed E-state index contributed by atoms with van der Waals surface area (Å²) in [5, 5.41) is 3.72. The van der Waals surface area contributed by atoms with Crippen molar-refractivity contribution in [3.63, 3.8) is 0 Å². The van der Waals surface area contributed by atoms with Crippen LogP contribution in [0.25, 0.3) is 0 Å². The van der Waals surface area contributed by atoms with E-state index < -0.39 is 15.8 Å². The standard InChI is InChI=1S/C11H13FN4O2S/c1-16-11(4-5-14-16)19(17,18)15-10-3-2-8(7-13)6-9(10)12/h2-6,15H,7,13H2,1H3. The highest BCUT2D eigenvalue weighted by Crippen LogP contribution is 2.19. The van der Waals surface area contributed by atoms with Crippen LogP contribution in [0.4, 0.5) is 10.1 Å². The van der Waals surface area contributed by atoms with Crippen molar-refractivity contribution in [2.24, 2.45) is 12.8 Å². The Morgan fingerprint density at radius 2 is 2.16 bits per heavy atom. The van der Waals surface area contributed by atoms with Crippen molar-refractivity contribution in [1.29, 1.82) is 0 Å². The van der Waals surface area contributed by atoms with E-state index in [0.29, 0.717) is 5.56 Å². The van der Waals surface area contributed by atoms with E-state index in [9.17, 15) is 12.8 Å². The van der Waals surface area contributed by atoms with Crippen LogP contribution < -0.4 is 10.5 Å². The molecular formula is C11H13FN4O2S. The summed E-state index contributed by atoms with van der Waals surface area (Å²) in [6.45, 7) is 0.186. The molecule has 102 valence electrons. The van der Waals surface area contributed by atoms with E-state index in [4.69, 9.17) is 5.73 Å². The van der Waals surface area contributed by atoms with Gasteiger partial charge in [-0.2, -0.15) is 13.5 Å². The average molecular weight is 284 g/mol. The summed E-state index contributed by atoms with van der Waals surface area (Å²) < 4.78 is 41.1. The predicted octanol–water partition coefficient (Wildman–Crippen LogP) is 0.819. The van der Waals surface area contributed by atoms with E-state index in [1.54, 1.807) is 6.07 Å². The summed E-state index contributed by atoms with van der Waals surface area (Å²) in [5.74, 6) is -0.673. The van der Waals surface area contributed by atoms with Gasteiger partial charge < -0.3 is 5.73 Å². The maximum atomic E-state index is 13.7. The van der Waals surface area contributed by atoms with Crippen molar-refractivity contribution in [3.05, 3.63) is 41.8 Å². The molecule has 1 aromatic carbocycles. The molecule has 0 unspecified atom stereocenters. The summed E-state index contributed by atoms with van der Waals surface area (Å²) >= 11 is 0.